The van der Waals surface area contributed by atoms with Crippen LogP contribution in [-0.2, 0) is 4.74 Å². The third-order valence-corrected chi connectivity index (χ3v) is 3.76. The first-order valence-electron chi connectivity index (χ1n) is 6.25. The van der Waals surface area contributed by atoms with Crippen LogP contribution in [0.4, 0.5) is 11.4 Å². The zero-order chi connectivity index (χ0) is 12.7. The third kappa shape index (κ3) is 1.90. The van der Waals surface area contributed by atoms with Gasteiger partial charge in [0.2, 0.25) is 0 Å². The van der Waals surface area contributed by atoms with Crippen LogP contribution >= 0.6 is 0 Å². The first-order valence-corrected chi connectivity index (χ1v) is 6.25. The average molecular weight is 247 g/mol. The van der Waals surface area contributed by atoms with Crippen LogP contribution in [-0.4, -0.2) is 24.2 Å². The Hall–Kier alpha value is -1.75. The second-order valence-corrected chi connectivity index (χ2v) is 5.03. The van der Waals surface area contributed by atoms with E-state index in [-0.39, 0.29) is 12.1 Å². The maximum atomic E-state index is 11.4. The van der Waals surface area contributed by atoms with Gasteiger partial charge in [0.15, 0.2) is 0 Å². The van der Waals surface area contributed by atoms with Gasteiger partial charge in [-0.25, -0.2) is 0 Å². The molecule has 2 aliphatic rings. The second kappa shape index (κ2) is 4.17. The zero-order valence-corrected chi connectivity index (χ0v) is 10.1. The molecule has 96 valence electrons. The van der Waals surface area contributed by atoms with E-state index in [0.29, 0.717) is 17.4 Å². The summed E-state index contributed by atoms with van der Waals surface area (Å²) in [6.45, 7) is 0. The third-order valence-electron chi connectivity index (χ3n) is 3.76. The molecule has 0 saturated carbocycles. The molecule has 1 aromatic carbocycles. The Bertz CT molecular complexity index is 489. The number of hydrogen-bond acceptors (Lipinski definition) is 4. The molecule has 18 heavy (non-hydrogen) atoms. The molecule has 1 amide bonds. The van der Waals surface area contributed by atoms with Crippen LogP contribution in [0.5, 0.6) is 0 Å². The Morgan fingerprint density at radius 3 is 2.83 bits per heavy atom. The number of primary amides is 1. The van der Waals surface area contributed by atoms with Crippen molar-refractivity contribution in [1.29, 1.82) is 0 Å². The van der Waals surface area contributed by atoms with Crippen molar-refractivity contribution in [1.82, 2.24) is 0 Å². The highest BCUT2D eigenvalue weighted by Gasteiger charge is 2.40. The van der Waals surface area contributed by atoms with E-state index in [0.717, 1.165) is 24.9 Å². The summed E-state index contributed by atoms with van der Waals surface area (Å²) >= 11 is 0. The second-order valence-electron chi connectivity index (χ2n) is 5.03. The van der Waals surface area contributed by atoms with Crippen LogP contribution in [0.2, 0.25) is 0 Å². The molecule has 3 atom stereocenters. The number of carbonyl (C=O) groups excluding carboxylic acids is 1. The molecule has 0 aliphatic carbocycles. The molecule has 0 radical (unpaired) electrons. The van der Waals surface area contributed by atoms with Gasteiger partial charge in [-0.3, -0.25) is 4.79 Å². The van der Waals surface area contributed by atoms with Gasteiger partial charge in [-0.2, -0.15) is 0 Å². The van der Waals surface area contributed by atoms with Crippen molar-refractivity contribution in [3.05, 3.63) is 23.8 Å². The number of hydrogen-bond donors (Lipinski definition) is 3. The number of rotatable bonds is 3. The number of amides is 1. The van der Waals surface area contributed by atoms with Gasteiger partial charge in [-0.15, -0.1) is 0 Å². The van der Waals surface area contributed by atoms with E-state index < -0.39 is 5.91 Å². The van der Waals surface area contributed by atoms with Crippen LogP contribution in [0.1, 0.15) is 29.6 Å². The van der Waals surface area contributed by atoms with Crippen LogP contribution in [0.15, 0.2) is 18.2 Å². The van der Waals surface area contributed by atoms with Gasteiger partial charge in [0, 0.05) is 11.4 Å². The summed E-state index contributed by atoms with van der Waals surface area (Å²) in [5, 5.41) is 3.37. The lowest BCUT2D eigenvalue weighted by molar-refractivity contribution is 0.0997. The average Bonchev–Trinajstić information content (AvgIpc) is 2.93. The highest BCUT2D eigenvalue weighted by molar-refractivity contribution is 5.99. The largest absolute Gasteiger partial charge is 0.399 e. The Labute approximate surface area is 105 Å². The van der Waals surface area contributed by atoms with E-state index in [1.807, 2.05) is 0 Å². The van der Waals surface area contributed by atoms with Crippen LogP contribution in [0.3, 0.4) is 0 Å². The van der Waals surface area contributed by atoms with E-state index in [4.69, 9.17) is 16.2 Å². The van der Waals surface area contributed by atoms with Crippen LogP contribution in [0.25, 0.3) is 0 Å². The van der Waals surface area contributed by atoms with Crippen molar-refractivity contribution in [3.8, 4) is 0 Å². The minimum atomic E-state index is -0.464. The predicted octanol–water partition coefficient (Wildman–Crippen LogP) is 1.10. The summed E-state index contributed by atoms with van der Waals surface area (Å²) in [7, 11) is 0. The summed E-state index contributed by atoms with van der Waals surface area (Å²) in [6, 6.07) is 5.45. The number of nitrogen functional groups attached to an aromatic ring is 1. The fraction of sp³-hybridized carbons (Fsp3) is 0.462. The molecular formula is C13H17N3O2. The van der Waals surface area contributed by atoms with Gasteiger partial charge in [-0.05, 0) is 37.5 Å². The lowest BCUT2D eigenvalue weighted by Gasteiger charge is -2.22. The van der Waals surface area contributed by atoms with Gasteiger partial charge >= 0.3 is 0 Å². The van der Waals surface area contributed by atoms with Crippen molar-refractivity contribution in [2.75, 3.05) is 11.1 Å². The predicted molar refractivity (Wildman–Crippen MR) is 69.3 cm³/mol. The fourth-order valence-corrected chi connectivity index (χ4v) is 2.88. The van der Waals surface area contributed by atoms with Crippen molar-refractivity contribution >= 4 is 17.3 Å². The Morgan fingerprint density at radius 1 is 1.39 bits per heavy atom. The van der Waals surface area contributed by atoms with Gasteiger partial charge < -0.3 is 21.5 Å². The van der Waals surface area contributed by atoms with E-state index in [1.165, 1.54) is 0 Å². The van der Waals surface area contributed by atoms with Crippen molar-refractivity contribution in [3.63, 3.8) is 0 Å². The molecule has 5 heteroatoms. The maximum Gasteiger partial charge on any atom is 0.250 e. The molecular weight excluding hydrogens is 230 g/mol. The standard InChI is InChI=1S/C13H17N3O2/c14-7-1-3-10(9(5-7)13(15)17)16-11-6-8-2-4-12(11)18-8/h1,3,5,8,11-12,16H,2,4,6,14H2,(H2,15,17). The SMILES string of the molecule is NC(=O)c1cc(N)ccc1NC1CC2CCC1O2. The number of nitrogens with two attached hydrogens (primary N) is 2. The summed E-state index contributed by atoms with van der Waals surface area (Å²) in [5.74, 6) is -0.464. The minimum absolute atomic E-state index is 0.258. The lowest BCUT2D eigenvalue weighted by Crippen LogP contribution is -2.31. The molecule has 5 N–H and O–H groups in total. The summed E-state index contributed by atoms with van der Waals surface area (Å²) < 4.78 is 5.78. The van der Waals surface area contributed by atoms with E-state index in [9.17, 15) is 4.79 Å². The number of carbonyl (C=O) groups is 1. The zero-order valence-electron chi connectivity index (χ0n) is 10.1. The van der Waals surface area contributed by atoms with Crippen molar-refractivity contribution in [2.45, 2.75) is 37.5 Å². The van der Waals surface area contributed by atoms with Crippen LogP contribution in [0, 0.1) is 0 Å². The first-order chi connectivity index (χ1) is 8.63. The summed E-state index contributed by atoms with van der Waals surface area (Å²) in [5.41, 5.74) is 12.8. The number of benzene rings is 1. The molecule has 0 aromatic heterocycles. The van der Waals surface area contributed by atoms with Gasteiger partial charge in [0.1, 0.15) is 0 Å². The molecule has 2 aliphatic heterocycles. The molecule has 3 rings (SSSR count). The number of fused-ring (bicyclic) bond motifs is 2. The maximum absolute atomic E-state index is 11.4. The van der Waals surface area contributed by atoms with Gasteiger partial charge in [0.25, 0.3) is 5.91 Å². The Balaban J connectivity index is 1.82. The number of nitrogens with one attached hydrogen (secondary N) is 1. The smallest absolute Gasteiger partial charge is 0.250 e. The van der Waals surface area contributed by atoms with E-state index in [2.05, 4.69) is 5.32 Å². The molecule has 2 fully saturated rings. The highest BCUT2D eigenvalue weighted by Crippen LogP contribution is 2.36. The monoisotopic (exact) mass is 247 g/mol. The van der Waals surface area contributed by atoms with Crippen molar-refractivity contribution < 1.29 is 9.53 Å². The summed E-state index contributed by atoms with van der Waals surface area (Å²) in [6.07, 6.45) is 3.86. The quantitative estimate of drug-likeness (QED) is 0.698. The van der Waals surface area contributed by atoms with Gasteiger partial charge in [0.05, 0.1) is 23.8 Å². The van der Waals surface area contributed by atoms with Crippen molar-refractivity contribution in [2.24, 2.45) is 5.73 Å². The lowest BCUT2D eigenvalue weighted by atomic mass is 9.95. The molecule has 3 unspecified atom stereocenters. The summed E-state index contributed by atoms with van der Waals surface area (Å²) in [4.78, 5) is 11.4. The molecule has 0 spiro atoms. The molecule has 1 aromatic rings. The molecule has 2 saturated heterocycles. The molecule has 2 heterocycles. The number of ether oxygens (including phenoxy) is 1. The Kier molecular flexibility index (Phi) is 2.63. The van der Waals surface area contributed by atoms with Gasteiger partial charge in [-0.1, -0.05) is 0 Å². The normalized spacial score (nSPS) is 29.4. The van der Waals surface area contributed by atoms with Crippen LogP contribution < -0.4 is 16.8 Å². The molecule has 2 bridgehead atoms. The number of anilines is 2. The Morgan fingerprint density at radius 2 is 2.22 bits per heavy atom. The molecule has 5 nitrogen and oxygen atoms in total. The first kappa shape index (κ1) is 11.3. The van der Waals surface area contributed by atoms with E-state index >= 15 is 0 Å². The fourth-order valence-electron chi connectivity index (χ4n) is 2.88. The minimum Gasteiger partial charge on any atom is -0.399 e. The topological polar surface area (TPSA) is 90.4 Å². The van der Waals surface area contributed by atoms with E-state index in [1.54, 1.807) is 18.2 Å². The highest BCUT2D eigenvalue weighted by atomic mass is 16.5.